The molecule has 0 aliphatic rings. The highest BCUT2D eigenvalue weighted by atomic mass is 127. The van der Waals surface area contributed by atoms with E-state index in [1.54, 1.807) is 11.3 Å². The summed E-state index contributed by atoms with van der Waals surface area (Å²) in [6, 6.07) is 8.47. The first-order valence-electron chi connectivity index (χ1n) is 8.30. The van der Waals surface area contributed by atoms with Crippen LogP contribution >= 0.6 is 35.3 Å². The molecule has 3 rings (SSSR count). The van der Waals surface area contributed by atoms with Crippen molar-refractivity contribution < 1.29 is 0 Å². The lowest BCUT2D eigenvalue weighted by Crippen LogP contribution is -2.36. The molecule has 3 aromatic rings. The highest BCUT2D eigenvalue weighted by molar-refractivity contribution is 14.0. The molecule has 0 bridgehead atoms. The number of nitrogens with one attached hydrogen (secondary N) is 2. The van der Waals surface area contributed by atoms with Crippen LogP contribution in [0.4, 0.5) is 0 Å². The first-order chi connectivity index (χ1) is 11.8. The summed E-state index contributed by atoms with van der Waals surface area (Å²) in [6.07, 6.45) is 5.10. The van der Waals surface area contributed by atoms with Crippen LogP contribution in [0.15, 0.2) is 47.0 Å². The fraction of sp³-hybridized carbons (Fsp3) is 0.333. The number of aliphatic imine (C=N–C) groups is 1. The van der Waals surface area contributed by atoms with Gasteiger partial charge < -0.3 is 10.6 Å². The molecule has 0 amide bonds. The van der Waals surface area contributed by atoms with Gasteiger partial charge in [0.1, 0.15) is 0 Å². The van der Waals surface area contributed by atoms with Crippen LogP contribution < -0.4 is 10.6 Å². The molecule has 2 heterocycles. The maximum atomic E-state index is 4.71. The van der Waals surface area contributed by atoms with Gasteiger partial charge in [-0.05, 0) is 24.5 Å². The molecule has 0 spiro atoms. The molecule has 2 N–H and O–H groups in total. The SMILES string of the molecule is CCNC(=NCc1ccccc1CC)NCc1cn2ccsc2n1.I. The molecule has 0 fully saturated rings. The van der Waals surface area contributed by atoms with Crippen molar-refractivity contribution in [2.75, 3.05) is 6.54 Å². The third kappa shape index (κ3) is 5.18. The van der Waals surface area contributed by atoms with Crippen molar-refractivity contribution in [1.82, 2.24) is 20.0 Å². The van der Waals surface area contributed by atoms with Gasteiger partial charge in [-0.2, -0.15) is 0 Å². The molecule has 0 radical (unpaired) electrons. The van der Waals surface area contributed by atoms with Gasteiger partial charge in [0, 0.05) is 24.3 Å². The number of benzene rings is 1. The molecule has 0 unspecified atom stereocenters. The van der Waals surface area contributed by atoms with E-state index in [-0.39, 0.29) is 24.0 Å². The van der Waals surface area contributed by atoms with Crippen molar-refractivity contribution in [1.29, 1.82) is 0 Å². The Morgan fingerprint density at radius 3 is 2.72 bits per heavy atom. The maximum absolute atomic E-state index is 4.71. The summed E-state index contributed by atoms with van der Waals surface area (Å²) in [5, 5.41) is 8.70. The Hall–Kier alpha value is -1.61. The topological polar surface area (TPSA) is 53.7 Å². The Morgan fingerprint density at radius 2 is 2.00 bits per heavy atom. The fourth-order valence-corrected chi connectivity index (χ4v) is 3.32. The average Bonchev–Trinajstić information content (AvgIpc) is 3.19. The number of halogens is 1. The van der Waals surface area contributed by atoms with E-state index in [0.717, 1.165) is 29.6 Å². The number of fused-ring (bicyclic) bond motifs is 1. The lowest BCUT2D eigenvalue weighted by molar-refractivity contribution is 0.803. The van der Waals surface area contributed by atoms with Gasteiger partial charge in [0.05, 0.1) is 18.8 Å². The summed E-state index contributed by atoms with van der Waals surface area (Å²) in [4.78, 5) is 10.3. The van der Waals surface area contributed by atoms with Gasteiger partial charge in [0.15, 0.2) is 10.9 Å². The standard InChI is InChI=1S/C18H23N5S.HI/c1-3-14-7-5-6-8-15(14)11-20-17(19-4-2)21-12-16-13-23-9-10-24-18(23)22-16;/h5-10,13H,3-4,11-12H2,1-2H3,(H2,19,20,21);1H. The molecular formula is C18H24IN5S. The molecular weight excluding hydrogens is 445 g/mol. The van der Waals surface area contributed by atoms with Gasteiger partial charge in [-0.25, -0.2) is 9.98 Å². The minimum Gasteiger partial charge on any atom is -0.357 e. The molecule has 1 aromatic carbocycles. The first-order valence-corrected chi connectivity index (χ1v) is 9.18. The number of guanidine groups is 1. The largest absolute Gasteiger partial charge is 0.357 e. The minimum absolute atomic E-state index is 0. The molecule has 134 valence electrons. The second-order valence-corrected chi connectivity index (χ2v) is 6.37. The average molecular weight is 469 g/mol. The van der Waals surface area contributed by atoms with Gasteiger partial charge in [0.25, 0.3) is 0 Å². The second kappa shape index (κ2) is 9.76. The Labute approximate surface area is 169 Å². The summed E-state index contributed by atoms with van der Waals surface area (Å²) >= 11 is 1.64. The lowest BCUT2D eigenvalue weighted by Gasteiger charge is -2.11. The van der Waals surface area contributed by atoms with Crippen LogP contribution in [-0.4, -0.2) is 21.9 Å². The highest BCUT2D eigenvalue weighted by Crippen LogP contribution is 2.12. The van der Waals surface area contributed by atoms with Crippen molar-refractivity contribution in [3.05, 3.63) is 58.9 Å². The molecule has 0 saturated heterocycles. The van der Waals surface area contributed by atoms with E-state index in [1.165, 1.54) is 11.1 Å². The van der Waals surface area contributed by atoms with E-state index < -0.39 is 0 Å². The maximum Gasteiger partial charge on any atom is 0.193 e. The van der Waals surface area contributed by atoms with E-state index in [9.17, 15) is 0 Å². The molecule has 7 heteroatoms. The summed E-state index contributed by atoms with van der Waals surface area (Å²) < 4.78 is 2.04. The Kier molecular flexibility index (Phi) is 7.70. The number of thiazole rings is 1. The fourth-order valence-electron chi connectivity index (χ4n) is 2.60. The Balaban J connectivity index is 0.00000225. The molecule has 2 aromatic heterocycles. The number of imidazole rings is 1. The molecule has 25 heavy (non-hydrogen) atoms. The van der Waals surface area contributed by atoms with Crippen LogP contribution in [0.2, 0.25) is 0 Å². The van der Waals surface area contributed by atoms with Crippen molar-refractivity contribution in [2.45, 2.75) is 33.4 Å². The van der Waals surface area contributed by atoms with Gasteiger partial charge in [-0.15, -0.1) is 35.3 Å². The van der Waals surface area contributed by atoms with Crippen LogP contribution in [-0.2, 0) is 19.5 Å². The molecule has 0 aliphatic heterocycles. The van der Waals surface area contributed by atoms with E-state index in [1.807, 2.05) is 16.0 Å². The molecule has 0 aliphatic carbocycles. The van der Waals surface area contributed by atoms with Crippen molar-refractivity contribution in [2.24, 2.45) is 4.99 Å². The zero-order valence-electron chi connectivity index (χ0n) is 14.5. The van der Waals surface area contributed by atoms with Gasteiger partial charge in [0.2, 0.25) is 0 Å². The number of hydrogen-bond acceptors (Lipinski definition) is 3. The third-order valence-corrected chi connectivity index (χ3v) is 4.60. The summed E-state index contributed by atoms with van der Waals surface area (Å²) in [5.41, 5.74) is 3.65. The first kappa shape index (κ1) is 19.7. The van der Waals surface area contributed by atoms with E-state index in [2.05, 4.69) is 59.9 Å². The zero-order chi connectivity index (χ0) is 16.8. The van der Waals surface area contributed by atoms with E-state index >= 15 is 0 Å². The van der Waals surface area contributed by atoms with Crippen molar-refractivity contribution in [3.8, 4) is 0 Å². The van der Waals surface area contributed by atoms with Crippen LogP contribution in [0, 0.1) is 0 Å². The van der Waals surface area contributed by atoms with Crippen LogP contribution in [0.3, 0.4) is 0 Å². The van der Waals surface area contributed by atoms with Crippen LogP contribution in [0.25, 0.3) is 4.96 Å². The summed E-state index contributed by atoms with van der Waals surface area (Å²) in [5.74, 6) is 0.819. The van der Waals surface area contributed by atoms with Gasteiger partial charge in [-0.1, -0.05) is 31.2 Å². The summed E-state index contributed by atoms with van der Waals surface area (Å²) in [6.45, 7) is 6.42. The Morgan fingerprint density at radius 1 is 1.20 bits per heavy atom. The predicted octanol–water partition coefficient (Wildman–Crippen LogP) is 3.83. The predicted molar refractivity (Wildman–Crippen MR) is 116 cm³/mol. The monoisotopic (exact) mass is 469 g/mol. The molecule has 0 saturated carbocycles. The second-order valence-electron chi connectivity index (χ2n) is 5.50. The van der Waals surface area contributed by atoms with E-state index in [4.69, 9.17) is 4.99 Å². The lowest BCUT2D eigenvalue weighted by atomic mass is 10.1. The van der Waals surface area contributed by atoms with Crippen LogP contribution in [0.5, 0.6) is 0 Å². The number of nitrogens with zero attached hydrogens (tertiary/aromatic N) is 3. The third-order valence-electron chi connectivity index (χ3n) is 3.83. The molecule has 0 atom stereocenters. The van der Waals surface area contributed by atoms with Crippen molar-refractivity contribution >= 4 is 46.2 Å². The van der Waals surface area contributed by atoms with Gasteiger partial charge in [-0.3, -0.25) is 4.40 Å². The number of rotatable bonds is 6. The highest BCUT2D eigenvalue weighted by Gasteiger charge is 2.04. The zero-order valence-corrected chi connectivity index (χ0v) is 17.7. The van der Waals surface area contributed by atoms with E-state index in [0.29, 0.717) is 13.1 Å². The van der Waals surface area contributed by atoms with Gasteiger partial charge >= 0.3 is 0 Å². The Bertz CT molecular complexity index is 795. The van der Waals surface area contributed by atoms with Crippen LogP contribution in [0.1, 0.15) is 30.7 Å². The quantitative estimate of drug-likeness (QED) is 0.328. The number of hydrogen-bond donors (Lipinski definition) is 2. The molecule has 5 nitrogen and oxygen atoms in total. The summed E-state index contributed by atoms with van der Waals surface area (Å²) in [7, 11) is 0. The number of aryl methyl sites for hydroxylation is 1. The smallest absolute Gasteiger partial charge is 0.193 e. The van der Waals surface area contributed by atoms with Crippen molar-refractivity contribution in [3.63, 3.8) is 0 Å². The number of aromatic nitrogens is 2. The minimum atomic E-state index is 0. The normalized spacial score (nSPS) is 11.4.